The first-order valence-electron chi connectivity index (χ1n) is 7.17. The van der Waals surface area contributed by atoms with E-state index >= 15 is 0 Å². The molecule has 9 heteroatoms. The first-order chi connectivity index (χ1) is 11.3. The van der Waals surface area contributed by atoms with Crippen LogP contribution in [-0.4, -0.2) is 47.4 Å². The van der Waals surface area contributed by atoms with Gasteiger partial charge in [-0.25, -0.2) is 0 Å². The lowest BCUT2D eigenvalue weighted by Crippen LogP contribution is -2.53. The molecule has 24 heavy (non-hydrogen) atoms. The van der Waals surface area contributed by atoms with Crippen molar-refractivity contribution >= 4 is 23.7 Å². The molecule has 0 unspecified atom stereocenters. The lowest BCUT2D eigenvalue weighted by molar-refractivity contribution is -0.138. The van der Waals surface area contributed by atoms with Crippen LogP contribution >= 0.6 is 0 Å². The number of aliphatic carboxylic acids is 1. The van der Waals surface area contributed by atoms with Crippen molar-refractivity contribution in [3.63, 3.8) is 0 Å². The van der Waals surface area contributed by atoms with Crippen LogP contribution in [0.15, 0.2) is 30.3 Å². The fourth-order valence-corrected chi connectivity index (χ4v) is 1.93. The van der Waals surface area contributed by atoms with Gasteiger partial charge in [0.25, 0.3) is 0 Å². The van der Waals surface area contributed by atoms with E-state index < -0.39 is 42.3 Å². The maximum absolute atomic E-state index is 12.1. The topological polar surface area (TPSA) is 165 Å². The Bertz CT molecular complexity index is 605. The van der Waals surface area contributed by atoms with E-state index in [-0.39, 0.29) is 12.8 Å². The molecular formula is C15H20N4O5. The lowest BCUT2D eigenvalue weighted by Gasteiger charge is -2.20. The number of rotatable bonds is 9. The van der Waals surface area contributed by atoms with Crippen LogP contribution < -0.4 is 22.1 Å². The van der Waals surface area contributed by atoms with Gasteiger partial charge in [0.2, 0.25) is 17.7 Å². The van der Waals surface area contributed by atoms with E-state index in [9.17, 15) is 19.2 Å². The molecule has 1 aromatic rings. The summed E-state index contributed by atoms with van der Waals surface area (Å²) in [6.07, 6.45) is -0.220. The molecule has 0 saturated heterocycles. The number of carboxylic acid groups (broad SMARTS) is 1. The van der Waals surface area contributed by atoms with Crippen molar-refractivity contribution in [1.82, 2.24) is 10.6 Å². The van der Waals surface area contributed by atoms with Gasteiger partial charge in [-0.15, -0.1) is 0 Å². The van der Waals surface area contributed by atoms with Crippen LogP contribution in [0.2, 0.25) is 0 Å². The third kappa shape index (κ3) is 6.88. The summed E-state index contributed by atoms with van der Waals surface area (Å²) in [5.41, 5.74) is 11.3. The van der Waals surface area contributed by atoms with Gasteiger partial charge in [-0.05, 0) is 5.56 Å². The average Bonchev–Trinajstić information content (AvgIpc) is 2.52. The molecule has 0 radical (unpaired) electrons. The zero-order chi connectivity index (χ0) is 18.1. The summed E-state index contributed by atoms with van der Waals surface area (Å²) in [5.74, 6) is -3.34. The van der Waals surface area contributed by atoms with Crippen LogP contribution in [0.3, 0.4) is 0 Å². The molecule has 0 heterocycles. The van der Waals surface area contributed by atoms with Crippen LogP contribution in [-0.2, 0) is 25.6 Å². The van der Waals surface area contributed by atoms with Crippen LogP contribution in [0.5, 0.6) is 0 Å². The van der Waals surface area contributed by atoms with Gasteiger partial charge in [-0.2, -0.15) is 0 Å². The molecule has 130 valence electrons. The van der Waals surface area contributed by atoms with Gasteiger partial charge in [-0.3, -0.25) is 19.2 Å². The number of amides is 3. The Morgan fingerprint density at radius 3 is 2.25 bits per heavy atom. The molecule has 1 rings (SSSR count). The van der Waals surface area contributed by atoms with Crippen LogP contribution in [0, 0.1) is 0 Å². The molecule has 3 amide bonds. The molecule has 0 fully saturated rings. The molecule has 0 saturated carbocycles. The van der Waals surface area contributed by atoms with E-state index in [1.165, 1.54) is 0 Å². The van der Waals surface area contributed by atoms with Gasteiger partial charge >= 0.3 is 5.97 Å². The predicted octanol–water partition coefficient (Wildman–Crippen LogP) is -1.88. The zero-order valence-corrected chi connectivity index (χ0v) is 12.9. The van der Waals surface area contributed by atoms with Crippen molar-refractivity contribution in [2.24, 2.45) is 11.5 Å². The Kier molecular flexibility index (Phi) is 7.37. The molecule has 0 aliphatic carbocycles. The Morgan fingerprint density at radius 1 is 1.08 bits per heavy atom. The summed E-state index contributed by atoms with van der Waals surface area (Å²) in [6, 6.07) is 6.63. The molecule has 9 nitrogen and oxygen atoms in total. The molecule has 0 aliphatic heterocycles. The minimum Gasteiger partial charge on any atom is -0.480 e. The summed E-state index contributed by atoms with van der Waals surface area (Å²) in [7, 11) is 0. The van der Waals surface area contributed by atoms with Crippen molar-refractivity contribution in [3.05, 3.63) is 35.9 Å². The molecule has 2 atom stereocenters. The number of benzene rings is 1. The van der Waals surface area contributed by atoms with Gasteiger partial charge in [0, 0.05) is 6.42 Å². The maximum Gasteiger partial charge on any atom is 0.322 e. The molecule has 0 spiro atoms. The van der Waals surface area contributed by atoms with Gasteiger partial charge < -0.3 is 27.2 Å². The second-order valence-electron chi connectivity index (χ2n) is 5.14. The van der Waals surface area contributed by atoms with Gasteiger partial charge in [-0.1, -0.05) is 30.3 Å². The Hall–Kier alpha value is -2.94. The normalized spacial score (nSPS) is 12.7. The second-order valence-corrected chi connectivity index (χ2v) is 5.14. The van der Waals surface area contributed by atoms with Gasteiger partial charge in [0.15, 0.2) is 0 Å². The number of carbonyl (C=O) groups excluding carboxylic acids is 3. The molecular weight excluding hydrogens is 316 g/mol. The first-order valence-corrected chi connectivity index (χ1v) is 7.17. The third-order valence-corrected chi connectivity index (χ3v) is 3.09. The highest BCUT2D eigenvalue weighted by Gasteiger charge is 2.25. The first kappa shape index (κ1) is 19.1. The van der Waals surface area contributed by atoms with E-state index in [1.54, 1.807) is 30.3 Å². The number of nitrogens with two attached hydrogens (primary N) is 2. The highest BCUT2D eigenvalue weighted by molar-refractivity contribution is 5.93. The van der Waals surface area contributed by atoms with Crippen LogP contribution in [0.25, 0.3) is 0 Å². The lowest BCUT2D eigenvalue weighted by atomic mass is 10.0. The van der Waals surface area contributed by atoms with Crippen molar-refractivity contribution < 1.29 is 24.3 Å². The van der Waals surface area contributed by atoms with E-state index in [4.69, 9.17) is 16.6 Å². The smallest absolute Gasteiger partial charge is 0.322 e. The largest absolute Gasteiger partial charge is 0.480 e. The fraction of sp³-hybridized carbons (Fsp3) is 0.333. The Morgan fingerprint density at radius 2 is 1.71 bits per heavy atom. The average molecular weight is 336 g/mol. The summed E-state index contributed by atoms with van der Waals surface area (Å²) in [4.78, 5) is 45.5. The molecule has 1 aromatic carbocycles. The Balaban J connectivity index is 2.79. The number of carbonyl (C=O) groups is 4. The van der Waals surface area contributed by atoms with Gasteiger partial charge in [0.05, 0.1) is 12.5 Å². The summed E-state index contributed by atoms with van der Waals surface area (Å²) < 4.78 is 0. The monoisotopic (exact) mass is 336 g/mol. The second kappa shape index (κ2) is 9.26. The summed E-state index contributed by atoms with van der Waals surface area (Å²) in [5, 5.41) is 13.2. The predicted molar refractivity (Wildman–Crippen MR) is 84.5 cm³/mol. The summed E-state index contributed by atoms with van der Waals surface area (Å²) >= 11 is 0. The minimum absolute atomic E-state index is 0.140. The van der Waals surface area contributed by atoms with Crippen molar-refractivity contribution in [1.29, 1.82) is 0 Å². The van der Waals surface area contributed by atoms with E-state index in [0.717, 1.165) is 5.56 Å². The number of carboxylic acids is 1. The third-order valence-electron chi connectivity index (χ3n) is 3.09. The summed E-state index contributed by atoms with van der Waals surface area (Å²) in [6.45, 7) is -0.576. The number of nitrogens with one attached hydrogen (secondary N) is 2. The number of primary amides is 1. The zero-order valence-electron chi connectivity index (χ0n) is 12.9. The van der Waals surface area contributed by atoms with E-state index in [2.05, 4.69) is 10.6 Å². The van der Waals surface area contributed by atoms with Crippen LogP contribution in [0.1, 0.15) is 12.0 Å². The standard InChI is InChI=1S/C15H20N4O5/c16-10(7-12(17)20)14(23)19-11(15(24)18-8-13(21)22)6-9-4-2-1-3-5-9/h1-5,10-11H,6-8,16H2,(H2,17,20)(H,18,24)(H,19,23)(H,21,22)/t10-,11-/m0/s1. The molecule has 7 N–H and O–H groups in total. The van der Waals surface area contributed by atoms with E-state index in [1.807, 2.05) is 0 Å². The van der Waals surface area contributed by atoms with Crippen molar-refractivity contribution in [2.45, 2.75) is 24.9 Å². The maximum atomic E-state index is 12.1. The molecule has 0 aromatic heterocycles. The van der Waals surface area contributed by atoms with E-state index in [0.29, 0.717) is 0 Å². The SMILES string of the molecule is NC(=O)C[C@H](N)C(=O)N[C@@H](Cc1ccccc1)C(=O)NCC(=O)O. The molecule has 0 bridgehead atoms. The Labute approximate surface area is 138 Å². The van der Waals surface area contributed by atoms with Crippen LogP contribution in [0.4, 0.5) is 0 Å². The van der Waals surface area contributed by atoms with Gasteiger partial charge in [0.1, 0.15) is 12.6 Å². The molecule has 0 aliphatic rings. The number of hydrogen-bond acceptors (Lipinski definition) is 5. The minimum atomic E-state index is -1.21. The highest BCUT2D eigenvalue weighted by Crippen LogP contribution is 2.04. The number of hydrogen-bond donors (Lipinski definition) is 5. The fourth-order valence-electron chi connectivity index (χ4n) is 1.93. The quantitative estimate of drug-likeness (QED) is 0.354. The highest BCUT2D eigenvalue weighted by atomic mass is 16.4. The van der Waals surface area contributed by atoms with Crippen molar-refractivity contribution in [2.75, 3.05) is 6.54 Å². The van der Waals surface area contributed by atoms with Crippen molar-refractivity contribution in [3.8, 4) is 0 Å².